The summed E-state index contributed by atoms with van der Waals surface area (Å²) in [6.45, 7) is 6.55. The molecule has 1 amide bonds. The Morgan fingerprint density at radius 2 is 1.89 bits per heavy atom. The first-order chi connectivity index (χ1) is 17.5. The van der Waals surface area contributed by atoms with Crippen molar-refractivity contribution in [3.05, 3.63) is 35.0 Å². The van der Waals surface area contributed by atoms with Crippen molar-refractivity contribution in [2.45, 2.75) is 63.8 Å². The molecule has 0 bridgehead atoms. The van der Waals surface area contributed by atoms with Crippen LogP contribution in [0.1, 0.15) is 63.1 Å². The van der Waals surface area contributed by atoms with Crippen LogP contribution in [-0.4, -0.2) is 61.7 Å². The number of nitriles is 1. The van der Waals surface area contributed by atoms with Crippen LogP contribution in [0.5, 0.6) is 0 Å². The van der Waals surface area contributed by atoms with E-state index >= 15 is 0 Å². The number of nitrogens with one attached hydrogen (secondary N) is 1. The highest BCUT2D eigenvalue weighted by atomic mass is 32.2. The van der Waals surface area contributed by atoms with Gasteiger partial charge in [0, 0.05) is 36.0 Å². The molecule has 10 heteroatoms. The molecule has 0 spiro atoms. The number of aliphatic hydroxyl groups is 1. The molecule has 1 aromatic heterocycles. The molecule has 0 unspecified atom stereocenters. The van der Waals surface area contributed by atoms with Gasteiger partial charge in [-0.1, -0.05) is 38.8 Å². The van der Waals surface area contributed by atoms with Crippen molar-refractivity contribution in [2.24, 2.45) is 5.92 Å². The third kappa shape index (κ3) is 6.16. The molecule has 1 aliphatic heterocycles. The lowest BCUT2D eigenvalue weighted by molar-refractivity contribution is -0.126. The molecule has 37 heavy (non-hydrogen) atoms. The van der Waals surface area contributed by atoms with Crippen molar-refractivity contribution in [1.82, 2.24) is 10.3 Å². The van der Waals surface area contributed by atoms with Crippen molar-refractivity contribution in [3.63, 3.8) is 0 Å². The number of anilines is 1. The lowest BCUT2D eigenvalue weighted by Crippen LogP contribution is -2.40. The predicted molar refractivity (Wildman–Crippen MR) is 146 cm³/mol. The quantitative estimate of drug-likeness (QED) is 0.546. The Morgan fingerprint density at radius 1 is 1.24 bits per heavy atom. The minimum atomic E-state index is -2.95. The van der Waals surface area contributed by atoms with Crippen molar-refractivity contribution >= 4 is 32.8 Å². The Morgan fingerprint density at radius 3 is 2.51 bits per heavy atom. The summed E-state index contributed by atoms with van der Waals surface area (Å²) in [6.07, 6.45) is 3.56. The van der Waals surface area contributed by atoms with Gasteiger partial charge >= 0.3 is 0 Å². The monoisotopic (exact) mass is 544 g/mol. The van der Waals surface area contributed by atoms with Gasteiger partial charge < -0.3 is 15.3 Å². The zero-order valence-electron chi connectivity index (χ0n) is 21.7. The predicted octanol–water partition coefficient (Wildman–Crippen LogP) is 3.62. The maximum absolute atomic E-state index is 13.1. The summed E-state index contributed by atoms with van der Waals surface area (Å²) in [6, 6.07) is 9.66. The molecule has 1 saturated heterocycles. The Balaban J connectivity index is 1.69. The van der Waals surface area contributed by atoms with E-state index in [1.165, 1.54) is 0 Å². The van der Waals surface area contributed by atoms with Crippen LogP contribution >= 0.6 is 11.3 Å². The smallest absolute Gasteiger partial charge is 0.224 e. The molecule has 2 heterocycles. The van der Waals surface area contributed by atoms with Crippen LogP contribution < -0.4 is 10.2 Å². The summed E-state index contributed by atoms with van der Waals surface area (Å²) in [5.74, 6) is -0.0894. The summed E-state index contributed by atoms with van der Waals surface area (Å²) < 4.78 is 23.6. The van der Waals surface area contributed by atoms with Crippen LogP contribution in [-0.2, 0) is 20.0 Å². The van der Waals surface area contributed by atoms with E-state index < -0.39 is 21.3 Å². The number of carbonyl (C=O) groups is 1. The van der Waals surface area contributed by atoms with E-state index in [-0.39, 0.29) is 35.9 Å². The molecule has 8 nitrogen and oxygen atoms in total. The van der Waals surface area contributed by atoms with Crippen molar-refractivity contribution in [3.8, 4) is 16.5 Å². The third-order valence-electron chi connectivity index (χ3n) is 7.47. The Hall–Kier alpha value is -2.48. The number of amides is 1. The molecule has 0 radical (unpaired) electrons. The van der Waals surface area contributed by atoms with Gasteiger partial charge in [0.25, 0.3) is 0 Å². The summed E-state index contributed by atoms with van der Waals surface area (Å²) >= 11 is 1.56. The highest BCUT2D eigenvalue weighted by Gasteiger charge is 2.37. The second-order valence-corrected chi connectivity index (χ2v) is 14.1. The summed E-state index contributed by atoms with van der Waals surface area (Å²) in [5.41, 5.74) is 2.36. The number of carbonyl (C=O) groups excluding carboxylic acids is 1. The molecule has 2 aliphatic rings. The minimum absolute atomic E-state index is 0.0372. The molecule has 1 aromatic carbocycles. The molecule has 200 valence electrons. The van der Waals surface area contributed by atoms with E-state index in [4.69, 9.17) is 4.98 Å². The first-order valence-corrected chi connectivity index (χ1v) is 15.6. The molecule has 2 N–H and O–H groups in total. The van der Waals surface area contributed by atoms with Gasteiger partial charge in [0.15, 0.2) is 9.84 Å². The average molecular weight is 545 g/mol. The van der Waals surface area contributed by atoms with E-state index in [0.717, 1.165) is 52.5 Å². The van der Waals surface area contributed by atoms with E-state index in [0.29, 0.717) is 13.1 Å². The summed E-state index contributed by atoms with van der Waals surface area (Å²) in [5, 5.41) is 22.9. The van der Waals surface area contributed by atoms with Crippen molar-refractivity contribution in [1.29, 1.82) is 5.26 Å². The number of hydrogen-bond acceptors (Lipinski definition) is 8. The fourth-order valence-corrected chi connectivity index (χ4v) is 7.50. The molecular weight excluding hydrogens is 508 g/mol. The van der Waals surface area contributed by atoms with Gasteiger partial charge in [-0.2, -0.15) is 5.26 Å². The second-order valence-electron chi connectivity index (χ2n) is 10.8. The molecule has 4 rings (SSSR count). The molecule has 3 atom stereocenters. The normalized spacial score (nSPS) is 22.7. The van der Waals surface area contributed by atoms with Gasteiger partial charge in [-0.15, -0.1) is 11.3 Å². The van der Waals surface area contributed by atoms with E-state index in [9.17, 15) is 23.6 Å². The van der Waals surface area contributed by atoms with Crippen molar-refractivity contribution < 1.29 is 18.3 Å². The number of aromatic nitrogens is 1. The average Bonchev–Trinajstić information content (AvgIpc) is 3.35. The fraction of sp³-hybridized carbons (Fsp3) is 0.593. The first-order valence-electron chi connectivity index (χ1n) is 12.9. The van der Waals surface area contributed by atoms with Gasteiger partial charge in [0.2, 0.25) is 5.91 Å². The molecule has 1 saturated carbocycles. The zero-order valence-corrected chi connectivity index (χ0v) is 23.4. The van der Waals surface area contributed by atoms with E-state index in [2.05, 4.69) is 16.3 Å². The van der Waals surface area contributed by atoms with Crippen LogP contribution in [0, 0.1) is 17.2 Å². The summed E-state index contributed by atoms with van der Waals surface area (Å²) in [4.78, 5) is 21.3. The minimum Gasteiger partial charge on any atom is -0.395 e. The van der Waals surface area contributed by atoms with Gasteiger partial charge in [-0.05, 0) is 37.5 Å². The van der Waals surface area contributed by atoms with Crippen LogP contribution in [0.15, 0.2) is 24.3 Å². The topological polar surface area (TPSA) is 123 Å². The SMILES string of the molecule is C[C@@H](C#N)NC(=O)[C@@H]1CCCC[C@H]1c1nc(C(C)(C)CO)sc1-c1ccc(N2CCS(=O)(=O)CC2)cc1. The van der Waals surface area contributed by atoms with Crippen molar-refractivity contribution in [2.75, 3.05) is 36.1 Å². The van der Waals surface area contributed by atoms with Crippen LogP contribution in [0.25, 0.3) is 10.4 Å². The maximum Gasteiger partial charge on any atom is 0.224 e. The number of aliphatic hydroxyl groups excluding tert-OH is 1. The number of nitrogens with zero attached hydrogens (tertiary/aromatic N) is 3. The Kier molecular flexibility index (Phi) is 8.26. The molecule has 2 fully saturated rings. The fourth-order valence-electron chi connectivity index (χ4n) is 5.07. The van der Waals surface area contributed by atoms with E-state index in [1.807, 2.05) is 38.1 Å². The van der Waals surface area contributed by atoms with Gasteiger partial charge in [-0.25, -0.2) is 13.4 Å². The second kappa shape index (κ2) is 11.1. The van der Waals surface area contributed by atoms with Gasteiger partial charge in [0.1, 0.15) is 11.0 Å². The first kappa shape index (κ1) is 27.6. The molecular formula is C27H36N4O4S2. The zero-order chi connectivity index (χ0) is 26.8. The Labute approximate surface area is 223 Å². The largest absolute Gasteiger partial charge is 0.395 e. The number of thiazole rings is 1. The lowest BCUT2D eigenvalue weighted by Gasteiger charge is -2.31. The van der Waals surface area contributed by atoms with Crippen LogP contribution in [0.2, 0.25) is 0 Å². The van der Waals surface area contributed by atoms with Gasteiger partial charge in [0.05, 0.1) is 34.8 Å². The lowest BCUT2D eigenvalue weighted by atomic mass is 9.76. The third-order valence-corrected chi connectivity index (χ3v) is 10.6. The van der Waals surface area contributed by atoms with Gasteiger partial charge in [-0.3, -0.25) is 4.79 Å². The van der Waals surface area contributed by atoms with E-state index in [1.54, 1.807) is 18.3 Å². The number of rotatable bonds is 7. The van der Waals surface area contributed by atoms with Crippen LogP contribution in [0.3, 0.4) is 0 Å². The number of benzene rings is 1. The standard InChI is InChI=1S/C27H36N4O4S2/c1-18(16-28)29-25(33)22-7-5-4-6-21(22)23-24(36-26(30-23)27(2,3)17-32)19-8-10-20(11-9-19)31-12-14-37(34,35)15-13-31/h8-11,18,21-22,32H,4-7,12-15,17H2,1-3H3,(H,29,33)/t18-,21+,22+/m0/s1. The summed E-state index contributed by atoms with van der Waals surface area (Å²) in [7, 11) is -2.95. The number of hydrogen-bond donors (Lipinski definition) is 2. The maximum atomic E-state index is 13.1. The highest BCUT2D eigenvalue weighted by Crippen LogP contribution is 2.46. The number of sulfone groups is 1. The Bertz CT molecular complexity index is 1250. The van der Waals surface area contributed by atoms with Crippen LogP contribution in [0.4, 0.5) is 5.69 Å². The highest BCUT2D eigenvalue weighted by molar-refractivity contribution is 7.91. The molecule has 1 aliphatic carbocycles. The molecule has 2 aromatic rings.